The molecule has 0 saturated carbocycles. The Labute approximate surface area is 58.6 Å². The van der Waals surface area contributed by atoms with Gasteiger partial charge in [-0.15, -0.1) is 0 Å². The molecule has 0 bridgehead atoms. The summed E-state index contributed by atoms with van der Waals surface area (Å²) >= 11 is 4.56. The minimum absolute atomic E-state index is 0.000324. The van der Waals surface area contributed by atoms with Crippen LogP contribution in [0.25, 0.3) is 0 Å². The Kier molecular flexibility index (Phi) is 2.53. The molecule has 4 heteroatoms. The van der Waals surface area contributed by atoms with Gasteiger partial charge in [-0.25, -0.2) is 0 Å². The monoisotopic (exact) mass is 148 g/mol. The lowest BCUT2D eigenvalue weighted by molar-refractivity contribution is -0.0112. The molecule has 2 atom stereocenters. The third kappa shape index (κ3) is 1.69. The van der Waals surface area contributed by atoms with E-state index in [4.69, 9.17) is 14.6 Å². The van der Waals surface area contributed by atoms with Crippen LogP contribution in [0, 0.1) is 0 Å². The summed E-state index contributed by atoms with van der Waals surface area (Å²) in [6, 6.07) is 0. The fourth-order valence-corrected chi connectivity index (χ4v) is 0.780. The van der Waals surface area contributed by atoms with Crippen molar-refractivity contribution in [1.82, 2.24) is 0 Å². The fraction of sp³-hybridized carbons (Fsp3) is 0.800. The summed E-state index contributed by atoms with van der Waals surface area (Å²) in [5.41, 5.74) is 0. The van der Waals surface area contributed by atoms with Gasteiger partial charge in [0.05, 0.1) is 13.2 Å². The third-order valence-electron chi connectivity index (χ3n) is 1.09. The minimum atomic E-state index is -0.392. The van der Waals surface area contributed by atoms with Crippen LogP contribution in [-0.2, 0) is 9.47 Å². The van der Waals surface area contributed by atoms with Crippen LogP contribution in [0.1, 0.15) is 0 Å². The quantitative estimate of drug-likeness (QED) is 0.547. The summed E-state index contributed by atoms with van der Waals surface area (Å²) in [4.78, 5) is 0. The Bertz CT molecular complexity index is 106. The zero-order valence-corrected chi connectivity index (χ0v) is 5.63. The van der Waals surface area contributed by atoms with E-state index in [0.717, 1.165) is 0 Å². The summed E-state index contributed by atoms with van der Waals surface area (Å²) in [7, 11) is 0. The number of hydrogen-bond acceptors (Lipinski definition) is 4. The molecule has 0 amide bonds. The number of rotatable bonds is 2. The highest BCUT2D eigenvalue weighted by Gasteiger charge is 2.22. The maximum Gasteiger partial charge on any atom is 0.187 e. The van der Waals surface area contributed by atoms with Crippen molar-refractivity contribution < 1.29 is 14.6 Å². The molecular weight excluding hydrogens is 140 g/mol. The van der Waals surface area contributed by atoms with Gasteiger partial charge in [0.15, 0.2) is 6.29 Å². The molecule has 0 aliphatic carbocycles. The van der Waals surface area contributed by atoms with Crippen molar-refractivity contribution in [2.75, 3.05) is 13.2 Å². The average molecular weight is 148 g/mol. The number of aliphatic hydroxyl groups excluding tert-OH is 1. The predicted octanol–water partition coefficient (Wildman–Crippen LogP) is -0.280. The molecule has 1 saturated heterocycles. The Morgan fingerprint density at radius 2 is 2.56 bits per heavy atom. The van der Waals surface area contributed by atoms with Gasteiger partial charge in [-0.3, -0.25) is 0 Å². The summed E-state index contributed by atoms with van der Waals surface area (Å²) in [6.07, 6.45) is -0.577. The lowest BCUT2D eigenvalue weighted by Crippen LogP contribution is -2.16. The maximum atomic E-state index is 8.53. The molecule has 2 unspecified atom stereocenters. The zero-order chi connectivity index (χ0) is 6.69. The van der Waals surface area contributed by atoms with Crippen molar-refractivity contribution >= 4 is 17.6 Å². The standard InChI is InChI=1S/C5H8O3S/c6-1-4-2-7-5(3-9)8-4/h3-6H,1-2H2. The van der Waals surface area contributed by atoms with Gasteiger partial charge in [-0.1, -0.05) is 12.2 Å². The number of aliphatic hydroxyl groups is 1. The lowest BCUT2D eigenvalue weighted by atomic mass is 10.4. The molecule has 1 heterocycles. The van der Waals surface area contributed by atoms with Crippen LogP contribution in [0.3, 0.4) is 0 Å². The van der Waals surface area contributed by atoms with Gasteiger partial charge in [-0.2, -0.15) is 0 Å². The third-order valence-corrected chi connectivity index (χ3v) is 1.31. The molecule has 1 N–H and O–H groups in total. The molecule has 0 aromatic carbocycles. The van der Waals surface area contributed by atoms with Crippen LogP contribution in [0.4, 0.5) is 0 Å². The second-order valence-electron chi connectivity index (χ2n) is 1.78. The van der Waals surface area contributed by atoms with Crippen LogP contribution in [0.2, 0.25) is 0 Å². The summed E-state index contributed by atoms with van der Waals surface area (Å²) < 4.78 is 9.99. The van der Waals surface area contributed by atoms with E-state index < -0.39 is 6.29 Å². The lowest BCUT2D eigenvalue weighted by Gasteiger charge is -2.02. The molecular formula is C5H8O3S. The highest BCUT2D eigenvalue weighted by Crippen LogP contribution is 2.08. The van der Waals surface area contributed by atoms with Crippen LogP contribution < -0.4 is 0 Å². The smallest absolute Gasteiger partial charge is 0.187 e. The average Bonchev–Trinajstić information content (AvgIpc) is 2.34. The highest BCUT2D eigenvalue weighted by atomic mass is 32.1. The molecule has 3 nitrogen and oxygen atoms in total. The van der Waals surface area contributed by atoms with Crippen molar-refractivity contribution in [2.24, 2.45) is 0 Å². The molecule has 0 aromatic rings. The molecule has 0 aromatic heterocycles. The van der Waals surface area contributed by atoms with E-state index in [1.807, 2.05) is 0 Å². The summed E-state index contributed by atoms with van der Waals surface area (Å²) in [5.74, 6) is 0. The SMILES string of the molecule is OCC1COC(C=S)O1. The predicted molar refractivity (Wildman–Crippen MR) is 35.4 cm³/mol. The first-order valence-corrected chi connectivity index (χ1v) is 3.17. The van der Waals surface area contributed by atoms with Crippen LogP contribution >= 0.6 is 12.2 Å². The Balaban J connectivity index is 2.28. The van der Waals surface area contributed by atoms with Gasteiger partial charge in [-0.05, 0) is 0 Å². The Morgan fingerprint density at radius 3 is 2.89 bits per heavy atom. The van der Waals surface area contributed by atoms with E-state index >= 15 is 0 Å². The topological polar surface area (TPSA) is 38.7 Å². The number of ether oxygens (including phenoxy) is 2. The van der Waals surface area contributed by atoms with Gasteiger partial charge < -0.3 is 14.6 Å². The van der Waals surface area contributed by atoms with Crippen LogP contribution in [0.5, 0.6) is 0 Å². The van der Waals surface area contributed by atoms with Crippen LogP contribution in [-0.4, -0.2) is 36.1 Å². The Morgan fingerprint density at radius 1 is 1.78 bits per heavy atom. The second kappa shape index (κ2) is 3.22. The molecule has 1 aliphatic heterocycles. The van der Waals surface area contributed by atoms with E-state index in [9.17, 15) is 0 Å². The first kappa shape index (κ1) is 7.08. The van der Waals surface area contributed by atoms with Gasteiger partial charge >= 0.3 is 0 Å². The second-order valence-corrected chi connectivity index (χ2v) is 2.05. The van der Waals surface area contributed by atoms with Crippen molar-refractivity contribution in [3.63, 3.8) is 0 Å². The van der Waals surface area contributed by atoms with Crippen molar-refractivity contribution in [1.29, 1.82) is 0 Å². The van der Waals surface area contributed by atoms with Gasteiger partial charge in [0.1, 0.15) is 6.10 Å². The van der Waals surface area contributed by atoms with Gasteiger partial charge in [0.25, 0.3) is 0 Å². The number of hydrogen-bond donors (Lipinski definition) is 1. The number of thiocarbonyl (C=S) groups is 1. The van der Waals surface area contributed by atoms with Crippen molar-refractivity contribution in [2.45, 2.75) is 12.4 Å². The molecule has 1 fully saturated rings. The molecule has 1 aliphatic rings. The Hall–Kier alpha value is -0.0300. The zero-order valence-electron chi connectivity index (χ0n) is 4.82. The molecule has 52 valence electrons. The largest absolute Gasteiger partial charge is 0.394 e. The van der Waals surface area contributed by atoms with E-state index in [2.05, 4.69) is 12.2 Å². The van der Waals surface area contributed by atoms with Crippen molar-refractivity contribution in [3.8, 4) is 0 Å². The summed E-state index contributed by atoms with van der Waals surface area (Å²) in [5, 5.41) is 9.92. The minimum Gasteiger partial charge on any atom is -0.394 e. The van der Waals surface area contributed by atoms with Crippen LogP contribution in [0.15, 0.2) is 0 Å². The van der Waals surface area contributed by atoms with Gasteiger partial charge in [0.2, 0.25) is 0 Å². The van der Waals surface area contributed by atoms with Gasteiger partial charge in [0, 0.05) is 5.37 Å². The molecule has 0 radical (unpaired) electrons. The molecule has 1 rings (SSSR count). The normalized spacial score (nSPS) is 34.8. The highest BCUT2D eigenvalue weighted by molar-refractivity contribution is 7.79. The van der Waals surface area contributed by atoms with E-state index in [0.29, 0.717) is 6.61 Å². The fourth-order valence-electron chi connectivity index (χ4n) is 0.638. The maximum absolute atomic E-state index is 8.53. The first-order valence-electron chi connectivity index (χ1n) is 2.70. The van der Waals surface area contributed by atoms with E-state index in [1.165, 1.54) is 5.37 Å². The van der Waals surface area contributed by atoms with Crippen molar-refractivity contribution in [3.05, 3.63) is 0 Å². The summed E-state index contributed by atoms with van der Waals surface area (Å²) in [6.45, 7) is 0.438. The first-order chi connectivity index (χ1) is 4.36. The molecule has 9 heavy (non-hydrogen) atoms. The van der Waals surface area contributed by atoms with E-state index in [-0.39, 0.29) is 12.7 Å². The molecule has 0 spiro atoms. The van der Waals surface area contributed by atoms with E-state index in [1.54, 1.807) is 0 Å².